The summed E-state index contributed by atoms with van der Waals surface area (Å²) in [6, 6.07) is 0. The van der Waals surface area contributed by atoms with Crippen LogP contribution in [0.3, 0.4) is 0 Å². The molecule has 0 heterocycles. The smallest absolute Gasteiger partial charge is 0.0390 e. The van der Waals surface area contributed by atoms with Gasteiger partial charge in [-0.1, -0.05) is 0 Å². The van der Waals surface area contributed by atoms with Crippen molar-refractivity contribution in [2.45, 2.75) is 0 Å². The fourth-order valence-corrected chi connectivity index (χ4v) is 0. The zero-order chi connectivity index (χ0) is 5.21. The molecule has 0 N–H and O–H groups in total. The van der Waals surface area contributed by atoms with Crippen molar-refractivity contribution in [3.63, 3.8) is 0 Å². The second kappa shape index (κ2) is 3.64. The largest absolute Gasteiger partial charge is 0.178 e. The second-order valence-corrected chi connectivity index (χ2v) is 0.875. The molecule has 0 saturated carbocycles. The van der Waals surface area contributed by atoms with Gasteiger partial charge in [0, 0.05) is 14.3 Å². The lowest BCUT2D eigenvalue weighted by Crippen LogP contribution is -1.64. The molecule has 0 bridgehead atoms. The number of hydrogen-bond donors (Lipinski definition) is 1. The zero-order valence-corrected chi connectivity index (χ0v) is 3.68. The van der Waals surface area contributed by atoms with E-state index in [0.29, 0.717) is 0 Å². The molecule has 0 unspecified atom stereocenters. The van der Waals surface area contributed by atoms with Crippen molar-refractivity contribution in [2.75, 3.05) is 11.6 Å². The summed E-state index contributed by atoms with van der Waals surface area (Å²) in [7, 11) is 0. The molecule has 0 spiro atoms. The Labute approximate surface area is 39.4 Å². The zero-order valence-electron chi connectivity index (χ0n) is 4.03. The van der Waals surface area contributed by atoms with E-state index in [2.05, 4.69) is 12.6 Å². The van der Waals surface area contributed by atoms with Crippen LogP contribution in [0.4, 0.5) is 0 Å². The minimum atomic E-state index is -1.50. The summed E-state index contributed by atoms with van der Waals surface area (Å²) in [5.41, 5.74) is -1.50. The molecule has 0 aromatic heterocycles. The van der Waals surface area contributed by atoms with Gasteiger partial charge >= 0.3 is 0 Å². The highest BCUT2D eigenvalue weighted by Gasteiger charge is 1.59. The Bertz CT molecular complexity index is 41.3. The van der Waals surface area contributed by atoms with Gasteiger partial charge in [0.05, 0.1) is 0 Å². The average molecular weight is 98.6 g/mol. The summed E-state index contributed by atoms with van der Waals surface area (Å²) in [5, 5.41) is 0. The van der Waals surface area contributed by atoms with Gasteiger partial charge in [-0.25, -0.2) is 0 Å². The molecule has 26 valence electrons. The molecule has 2 heteroatoms. The first kappa shape index (κ1) is 1.93. The van der Waals surface area contributed by atoms with Crippen molar-refractivity contribution in [1.82, 2.24) is 0 Å². The molecule has 0 fully saturated rings. The van der Waals surface area contributed by atoms with Crippen molar-refractivity contribution in [1.29, 1.82) is 0 Å². The van der Waals surface area contributed by atoms with Crippen molar-refractivity contribution in [2.24, 2.45) is 0 Å². The van der Waals surface area contributed by atoms with Crippen LogP contribution in [-0.2, 0) is 0 Å². The fourth-order valence-electron chi connectivity index (χ4n) is 0. The van der Waals surface area contributed by atoms with E-state index >= 15 is 0 Å². The Balaban J connectivity index is 3.17. The van der Waals surface area contributed by atoms with Crippen LogP contribution in [0.2, 0.25) is 0 Å². The lowest BCUT2D eigenvalue weighted by Gasteiger charge is -1.65. The number of hydrogen-bond acceptors (Lipinski definition) is 1. The first-order valence-corrected chi connectivity index (χ1v) is 1.83. The van der Waals surface area contributed by atoms with Gasteiger partial charge in [-0.2, -0.15) is 12.6 Å². The summed E-state index contributed by atoms with van der Waals surface area (Å²) in [6.45, 7) is 0. The van der Waals surface area contributed by atoms with Gasteiger partial charge in [-0.05, 0) is 0 Å². The van der Waals surface area contributed by atoms with E-state index in [4.69, 9.17) is 14.3 Å². The predicted molar refractivity (Wildman–Crippen MR) is 24.6 cm³/mol. The fraction of sp³-hybridized carbons (Fsp3) is 1.00. The maximum atomic E-state index is 6.58. The third kappa shape index (κ3) is 2.64. The lowest BCUT2D eigenvalue weighted by atomic mass is 11.0. The quantitative estimate of drug-likeness (QED) is 0.369. The van der Waals surface area contributed by atoms with E-state index in [0.717, 1.165) is 0 Å². The van der Waals surface area contributed by atoms with Crippen LogP contribution >= 0.6 is 24.2 Å². The molecule has 0 aromatic rings. The van der Waals surface area contributed by atoms with Crippen LogP contribution in [0.15, 0.2) is 0 Å². The van der Waals surface area contributed by atoms with E-state index in [1.807, 2.05) is 0 Å². The van der Waals surface area contributed by atoms with Gasteiger partial charge in [-0.15, -0.1) is 11.6 Å². The number of halogens is 1. The summed E-state index contributed by atoms with van der Waals surface area (Å²) >= 11 is 8.48. The highest BCUT2D eigenvalue weighted by Crippen LogP contribution is 1.74. The Morgan fingerprint density at radius 2 is 2.50 bits per heavy atom. The number of alkyl halides is 1. The minimum absolute atomic E-state index is 0.0594. The molecule has 0 radical (unpaired) electrons. The summed E-state index contributed by atoms with van der Waals surface area (Å²) in [6.07, 6.45) is 0. The summed E-state index contributed by atoms with van der Waals surface area (Å²) < 4.78 is 13.2. The Morgan fingerprint density at radius 3 is 2.50 bits per heavy atom. The summed E-state index contributed by atoms with van der Waals surface area (Å²) in [4.78, 5) is 0. The molecule has 4 heavy (non-hydrogen) atoms. The number of thiol groups is 1. The van der Waals surface area contributed by atoms with Crippen LogP contribution in [0.5, 0.6) is 0 Å². The van der Waals surface area contributed by atoms with Gasteiger partial charge in [0.25, 0.3) is 0 Å². The van der Waals surface area contributed by atoms with Crippen LogP contribution in [0, 0.1) is 0 Å². The van der Waals surface area contributed by atoms with Gasteiger partial charge in [0.15, 0.2) is 0 Å². The van der Waals surface area contributed by atoms with Gasteiger partial charge in [-0.3, -0.25) is 0 Å². The third-order valence-corrected chi connectivity index (χ3v) is 0.538. The van der Waals surface area contributed by atoms with E-state index in [9.17, 15) is 0 Å². The van der Waals surface area contributed by atoms with Crippen molar-refractivity contribution in [3.05, 3.63) is 0 Å². The van der Waals surface area contributed by atoms with E-state index in [1.165, 1.54) is 0 Å². The minimum Gasteiger partial charge on any atom is -0.178 e. The van der Waals surface area contributed by atoms with Crippen LogP contribution in [0.25, 0.3) is 0 Å². The van der Waals surface area contributed by atoms with Gasteiger partial charge < -0.3 is 0 Å². The molecule has 0 aliphatic carbocycles. The first-order valence-electron chi connectivity index (χ1n) is 1.84. The molecular weight excluding hydrogens is 91.5 g/mol. The summed E-state index contributed by atoms with van der Waals surface area (Å²) in [5.74, 6) is -0.0594. The normalized spacial score (nSPS) is 18.5. The number of rotatable bonds is 1. The van der Waals surface area contributed by atoms with Gasteiger partial charge in [0.1, 0.15) is 0 Å². The molecular formula is C2H5ClS. The van der Waals surface area contributed by atoms with E-state index < -0.39 is 5.70 Å². The van der Waals surface area contributed by atoms with E-state index in [-0.39, 0.29) is 5.88 Å². The first-order chi connectivity index (χ1) is 2.56. The highest BCUT2D eigenvalue weighted by molar-refractivity contribution is 7.80. The Morgan fingerprint density at radius 1 is 2.25 bits per heavy atom. The van der Waals surface area contributed by atoms with Crippen molar-refractivity contribution >= 4 is 24.2 Å². The Hall–Kier alpha value is 0.640. The maximum absolute atomic E-state index is 6.58. The monoisotopic (exact) mass is 98.0 g/mol. The molecule has 0 aliphatic rings. The SMILES string of the molecule is [2H]C([2H])(S)CCl. The molecule has 0 nitrogen and oxygen atoms in total. The molecule has 0 atom stereocenters. The average Bonchev–Trinajstić information content (AvgIpc) is 1.35. The molecule has 0 amide bonds. The van der Waals surface area contributed by atoms with Crippen LogP contribution < -0.4 is 0 Å². The second-order valence-electron chi connectivity index (χ2n) is 0.292. The molecule has 0 aliphatic heterocycles. The molecule has 0 saturated heterocycles. The van der Waals surface area contributed by atoms with Gasteiger partial charge in [0.2, 0.25) is 0 Å². The predicted octanol–water partition coefficient (Wildman–Crippen LogP) is 1.15. The van der Waals surface area contributed by atoms with Crippen LogP contribution in [-0.4, -0.2) is 11.6 Å². The van der Waals surface area contributed by atoms with Crippen LogP contribution in [0.1, 0.15) is 2.74 Å². The topological polar surface area (TPSA) is 0 Å². The molecule has 0 rings (SSSR count). The Kier molecular flexibility index (Phi) is 1.76. The van der Waals surface area contributed by atoms with E-state index in [1.54, 1.807) is 0 Å². The van der Waals surface area contributed by atoms with Crippen molar-refractivity contribution in [3.8, 4) is 0 Å². The molecule has 0 aromatic carbocycles. The highest BCUT2D eigenvalue weighted by atomic mass is 35.5. The lowest BCUT2D eigenvalue weighted by molar-refractivity contribution is 1.55. The standard InChI is InChI=1S/C2H5ClS/c3-1-2-4/h4H,1-2H2/i2D2. The maximum Gasteiger partial charge on any atom is 0.0390 e. The van der Waals surface area contributed by atoms with Crippen molar-refractivity contribution < 1.29 is 2.74 Å². The third-order valence-electron chi connectivity index (χ3n) is 0.0598.